The quantitative estimate of drug-likeness (QED) is 0.132. The predicted molar refractivity (Wildman–Crippen MR) is 153 cm³/mol. The number of aromatic nitrogens is 3. The Morgan fingerprint density at radius 3 is 2.31 bits per heavy atom. The molecule has 0 saturated carbocycles. The summed E-state index contributed by atoms with van der Waals surface area (Å²) < 4.78 is 31.4. The van der Waals surface area contributed by atoms with Crippen molar-refractivity contribution in [3.05, 3.63) is 87.9 Å². The van der Waals surface area contributed by atoms with Crippen LogP contribution < -0.4 is 4.57 Å². The highest BCUT2D eigenvalue weighted by Crippen LogP contribution is 2.37. The van der Waals surface area contributed by atoms with E-state index >= 15 is 0 Å². The van der Waals surface area contributed by atoms with Crippen LogP contribution in [0.4, 0.5) is 5.69 Å². The number of hydrogen-bond acceptors (Lipinski definition) is 6. The topological polar surface area (TPSA) is 122 Å². The highest BCUT2D eigenvalue weighted by molar-refractivity contribution is 7.84. The second-order valence-corrected chi connectivity index (χ2v) is 11.9. The molecule has 0 radical (unpaired) electrons. The molecule has 10 heteroatoms. The molecule has 0 unspecified atom stereocenters. The van der Waals surface area contributed by atoms with Crippen LogP contribution in [0.3, 0.4) is 0 Å². The fourth-order valence-electron chi connectivity index (χ4n) is 4.69. The van der Waals surface area contributed by atoms with Gasteiger partial charge in [0.1, 0.15) is 7.05 Å². The third-order valence-electron chi connectivity index (χ3n) is 6.41. The summed E-state index contributed by atoms with van der Waals surface area (Å²) in [6, 6.07) is 17.5. The second-order valence-electron chi connectivity index (χ2n) is 10.5. The molecule has 0 saturated heterocycles. The minimum Gasteiger partial charge on any atom is -0.748 e. The SMILES string of the molecule is CS(=O)(=O)[O-].Cn1c2ccc([N+](=O)[O-])cc2c2cc(/C=C/c3cc[n+](C)c4ccccc34)nc(C(C)(C)C)c21. The van der Waals surface area contributed by atoms with Gasteiger partial charge in [-0.05, 0) is 29.8 Å². The van der Waals surface area contributed by atoms with E-state index in [1.165, 1.54) is 5.39 Å². The molecule has 0 aliphatic rings. The minimum atomic E-state index is -3.92. The molecule has 0 spiro atoms. The van der Waals surface area contributed by atoms with Gasteiger partial charge in [0.05, 0.1) is 37.3 Å². The maximum atomic E-state index is 11.4. The number of hydrogen-bond donors (Lipinski definition) is 0. The van der Waals surface area contributed by atoms with Crippen molar-refractivity contribution >= 4 is 60.7 Å². The molecular formula is C29H30N4O5S. The summed E-state index contributed by atoms with van der Waals surface area (Å²) in [6.45, 7) is 6.44. The van der Waals surface area contributed by atoms with Gasteiger partial charge in [-0.2, -0.15) is 0 Å². The maximum Gasteiger partial charge on any atom is 0.270 e. The Morgan fingerprint density at radius 2 is 1.67 bits per heavy atom. The highest BCUT2D eigenvalue weighted by Gasteiger charge is 2.24. The Kier molecular flexibility index (Phi) is 7.29. The van der Waals surface area contributed by atoms with Crippen molar-refractivity contribution in [1.82, 2.24) is 9.55 Å². The molecule has 0 amide bonds. The first-order valence-electron chi connectivity index (χ1n) is 12.2. The van der Waals surface area contributed by atoms with E-state index in [4.69, 9.17) is 18.0 Å². The van der Waals surface area contributed by atoms with E-state index in [1.807, 2.05) is 44.4 Å². The van der Waals surface area contributed by atoms with Gasteiger partial charge in [0.15, 0.2) is 6.20 Å². The first kappa shape index (κ1) is 27.9. The third-order valence-corrected chi connectivity index (χ3v) is 6.41. The van der Waals surface area contributed by atoms with E-state index in [0.717, 1.165) is 44.3 Å². The molecule has 3 heterocycles. The van der Waals surface area contributed by atoms with Crippen LogP contribution in [0.25, 0.3) is 44.9 Å². The molecule has 0 fully saturated rings. The number of benzene rings is 2. The van der Waals surface area contributed by atoms with Crippen LogP contribution >= 0.6 is 0 Å². The van der Waals surface area contributed by atoms with Gasteiger partial charge in [-0.25, -0.2) is 13.0 Å². The number of nitro benzene ring substituents is 1. The lowest BCUT2D eigenvalue weighted by atomic mass is 9.89. The molecule has 0 bridgehead atoms. The molecule has 2 aromatic carbocycles. The smallest absolute Gasteiger partial charge is 0.270 e. The molecule has 0 atom stereocenters. The minimum absolute atomic E-state index is 0.0924. The van der Waals surface area contributed by atoms with Crippen LogP contribution in [0.15, 0.2) is 60.8 Å². The summed E-state index contributed by atoms with van der Waals surface area (Å²) in [5.41, 5.74) is 5.92. The van der Waals surface area contributed by atoms with Gasteiger partial charge in [-0.1, -0.05) is 39.0 Å². The van der Waals surface area contributed by atoms with Crippen molar-refractivity contribution < 1.29 is 22.5 Å². The average molecular weight is 547 g/mol. The molecule has 39 heavy (non-hydrogen) atoms. The molecular weight excluding hydrogens is 516 g/mol. The van der Waals surface area contributed by atoms with Crippen molar-refractivity contribution in [3.8, 4) is 0 Å². The van der Waals surface area contributed by atoms with Crippen LogP contribution in [0, 0.1) is 10.1 Å². The zero-order valence-corrected chi connectivity index (χ0v) is 23.5. The first-order valence-corrected chi connectivity index (χ1v) is 14.0. The highest BCUT2D eigenvalue weighted by atomic mass is 32.2. The molecule has 0 aliphatic heterocycles. The summed E-state index contributed by atoms with van der Waals surface area (Å²) in [5, 5.41) is 14.5. The van der Waals surface area contributed by atoms with Crippen molar-refractivity contribution in [2.24, 2.45) is 14.1 Å². The van der Waals surface area contributed by atoms with Crippen molar-refractivity contribution in [2.75, 3.05) is 6.26 Å². The van der Waals surface area contributed by atoms with Gasteiger partial charge >= 0.3 is 0 Å². The monoisotopic (exact) mass is 546 g/mol. The summed E-state index contributed by atoms with van der Waals surface area (Å²) in [7, 11) is 0.125. The normalized spacial score (nSPS) is 12.3. The van der Waals surface area contributed by atoms with Gasteiger partial charge in [0.25, 0.3) is 5.69 Å². The lowest BCUT2D eigenvalue weighted by Crippen LogP contribution is -2.28. The number of fused-ring (bicyclic) bond motifs is 4. The lowest BCUT2D eigenvalue weighted by Gasteiger charge is -2.20. The van der Waals surface area contributed by atoms with E-state index in [0.29, 0.717) is 6.26 Å². The van der Waals surface area contributed by atoms with E-state index < -0.39 is 10.1 Å². The van der Waals surface area contributed by atoms with Gasteiger partial charge in [0, 0.05) is 59.3 Å². The average Bonchev–Trinajstić information content (AvgIpc) is 3.13. The number of nitro groups is 1. The summed E-state index contributed by atoms with van der Waals surface area (Å²) in [5.74, 6) is 0. The van der Waals surface area contributed by atoms with Crippen LogP contribution in [0.2, 0.25) is 0 Å². The van der Waals surface area contributed by atoms with Gasteiger partial charge in [-0.3, -0.25) is 15.1 Å². The Morgan fingerprint density at radius 1 is 1.00 bits per heavy atom. The molecule has 0 N–H and O–H groups in total. The van der Waals surface area contributed by atoms with Gasteiger partial charge in [-0.15, -0.1) is 0 Å². The number of aryl methyl sites for hydroxylation is 2. The Hall–Kier alpha value is -4.15. The molecule has 3 aromatic heterocycles. The van der Waals surface area contributed by atoms with E-state index in [9.17, 15) is 10.1 Å². The van der Waals surface area contributed by atoms with Gasteiger partial charge in [0.2, 0.25) is 5.52 Å². The zero-order chi connectivity index (χ0) is 28.7. The second kappa shape index (κ2) is 10.2. The molecule has 5 rings (SSSR count). The Balaban J connectivity index is 0.000000648. The van der Waals surface area contributed by atoms with Crippen LogP contribution in [0.1, 0.15) is 37.7 Å². The molecule has 5 aromatic rings. The van der Waals surface area contributed by atoms with E-state index in [1.54, 1.807) is 12.1 Å². The number of pyridine rings is 2. The lowest BCUT2D eigenvalue weighted by molar-refractivity contribution is -0.644. The first-order chi connectivity index (χ1) is 18.1. The van der Waals surface area contributed by atoms with Crippen molar-refractivity contribution in [3.63, 3.8) is 0 Å². The summed E-state index contributed by atoms with van der Waals surface area (Å²) in [6.07, 6.45) is 6.79. The van der Waals surface area contributed by atoms with Crippen molar-refractivity contribution in [2.45, 2.75) is 26.2 Å². The zero-order valence-electron chi connectivity index (χ0n) is 22.7. The summed E-state index contributed by atoms with van der Waals surface area (Å²) in [4.78, 5) is 16.2. The van der Waals surface area contributed by atoms with Crippen LogP contribution in [-0.4, -0.2) is 33.7 Å². The van der Waals surface area contributed by atoms with Crippen LogP contribution in [0.5, 0.6) is 0 Å². The Bertz CT molecular complexity index is 1880. The van der Waals surface area contributed by atoms with Crippen molar-refractivity contribution in [1.29, 1.82) is 0 Å². The van der Waals surface area contributed by atoms with Gasteiger partial charge < -0.3 is 9.12 Å². The predicted octanol–water partition coefficient (Wildman–Crippen LogP) is 5.24. The number of non-ortho nitro benzene ring substituents is 1. The number of para-hydroxylation sites is 1. The standard InChI is InChI=1S/C28H27N4O2.CH4O3S/c1-28(2,3)27-26-23(22-17-20(32(33)34)12-13-25(22)31(26)5)16-19(29-27)11-10-18-14-15-30(4)24-9-7-6-8-21(18)24;1-5(2,3)4/h6-17H,1-5H3;1H3,(H,2,3,4)/q+1;/p-1. The molecule has 9 nitrogen and oxygen atoms in total. The largest absolute Gasteiger partial charge is 0.748 e. The molecule has 202 valence electrons. The van der Waals surface area contributed by atoms with E-state index in [-0.39, 0.29) is 16.0 Å². The fraction of sp³-hybridized carbons (Fsp3) is 0.241. The fourth-order valence-corrected chi connectivity index (χ4v) is 4.69. The molecule has 0 aliphatic carbocycles. The number of nitrogens with zero attached hydrogens (tertiary/aromatic N) is 4. The summed E-state index contributed by atoms with van der Waals surface area (Å²) >= 11 is 0. The number of rotatable bonds is 3. The van der Waals surface area contributed by atoms with Crippen LogP contribution in [-0.2, 0) is 29.6 Å². The van der Waals surface area contributed by atoms with E-state index in [2.05, 4.69) is 60.4 Å². The third kappa shape index (κ3) is 5.97. The Labute approximate surface area is 226 Å². The maximum absolute atomic E-state index is 11.4.